The molecule has 0 bridgehead atoms. The monoisotopic (exact) mass is 998 g/mol. The van der Waals surface area contributed by atoms with Gasteiger partial charge in [0.05, 0.1) is 45.2 Å². The minimum atomic E-state index is -3.18. The Bertz CT molecular complexity index is 1650. The first-order chi connectivity index (χ1) is 31.9. The number of rotatable bonds is 18. The number of hydrogen-bond donors (Lipinski definition) is 19. The van der Waals surface area contributed by atoms with Crippen LogP contribution in [-0.2, 0) is 57.0 Å². The van der Waals surface area contributed by atoms with Crippen molar-refractivity contribution < 1.29 is 144 Å². The lowest BCUT2D eigenvalue weighted by molar-refractivity contribution is -0.385. The van der Waals surface area contributed by atoms with E-state index in [9.17, 15) is 101 Å². The van der Waals surface area contributed by atoms with Crippen LogP contribution in [0.25, 0.3) is 0 Å². The first kappa shape index (κ1) is 56.3. The second-order valence-corrected chi connectivity index (χ2v) is 16.9. The van der Waals surface area contributed by atoms with Gasteiger partial charge < -0.3 is 140 Å². The quantitative estimate of drug-likeness (QED) is 0.0606. The number of nitrogens with one attached hydrogen (secondary N) is 2. The number of aliphatic carboxylic acids is 1. The van der Waals surface area contributed by atoms with E-state index < -0.39 is 216 Å². The minimum absolute atomic E-state index is 0.813. The molecule has 5 heterocycles. The highest BCUT2D eigenvalue weighted by atomic mass is 16.8. The number of ether oxygens (including phenoxy) is 9. The summed E-state index contributed by atoms with van der Waals surface area (Å²) in [7, 11) is 0. The number of aliphatic hydroxyl groups excluding tert-OH is 16. The third-order valence-electron chi connectivity index (χ3n) is 12.1. The summed E-state index contributed by atoms with van der Waals surface area (Å²) in [6.07, 6.45) is -46.6. The molecule has 0 aromatic carbocycles. The highest BCUT2D eigenvalue weighted by molar-refractivity contribution is 5.76. The van der Waals surface area contributed by atoms with Gasteiger partial charge in [-0.15, -0.1) is 0 Å². The molecule has 5 aliphatic rings. The topological polar surface area (TPSA) is 502 Å². The molecule has 2 amide bonds. The van der Waals surface area contributed by atoms with Gasteiger partial charge in [-0.05, 0) is 0 Å². The Morgan fingerprint density at radius 1 is 0.603 bits per heavy atom. The van der Waals surface area contributed by atoms with E-state index >= 15 is 0 Å². The summed E-state index contributed by atoms with van der Waals surface area (Å²) in [5.74, 6) is -6.87. The van der Waals surface area contributed by atoms with Gasteiger partial charge in [0.15, 0.2) is 25.2 Å². The molecule has 31 heteroatoms. The van der Waals surface area contributed by atoms with Gasteiger partial charge >= 0.3 is 5.97 Å². The normalized spacial score (nSPS) is 46.6. The molecule has 5 saturated heterocycles. The lowest BCUT2D eigenvalue weighted by atomic mass is 9.88. The summed E-state index contributed by atoms with van der Waals surface area (Å²) < 4.78 is 50.4. The van der Waals surface area contributed by atoms with Gasteiger partial charge in [0.1, 0.15) is 116 Å². The van der Waals surface area contributed by atoms with Crippen molar-refractivity contribution in [1.29, 1.82) is 0 Å². The summed E-state index contributed by atoms with van der Waals surface area (Å²) in [6.45, 7) is -2.97. The fraction of sp³-hybridized carbons (Fsp3) is 0.919. The molecule has 68 heavy (non-hydrogen) atoms. The Morgan fingerprint density at radius 2 is 1.12 bits per heavy atom. The molecular weight excluding hydrogens is 936 g/mol. The Hall–Kier alpha value is -2.59. The minimum Gasteiger partial charge on any atom is -0.477 e. The number of carbonyl (C=O) groups excluding carboxylic acids is 2. The van der Waals surface area contributed by atoms with Crippen LogP contribution in [0.1, 0.15) is 20.3 Å². The number of carboxylic acid groups (broad SMARTS) is 1. The van der Waals surface area contributed by atoms with E-state index in [-0.39, 0.29) is 0 Å². The zero-order chi connectivity index (χ0) is 50.7. The third kappa shape index (κ3) is 12.0. The predicted molar refractivity (Wildman–Crippen MR) is 207 cm³/mol. The van der Waals surface area contributed by atoms with Crippen molar-refractivity contribution in [3.8, 4) is 0 Å². The van der Waals surface area contributed by atoms with Crippen LogP contribution in [0.3, 0.4) is 0 Å². The Morgan fingerprint density at radius 3 is 1.66 bits per heavy atom. The summed E-state index contributed by atoms with van der Waals surface area (Å²) in [5.41, 5.74) is 0. The Labute approximate surface area is 384 Å². The third-order valence-corrected chi connectivity index (χ3v) is 12.1. The van der Waals surface area contributed by atoms with E-state index in [4.69, 9.17) is 42.6 Å². The number of carbonyl (C=O) groups is 3. The van der Waals surface area contributed by atoms with Crippen LogP contribution >= 0.6 is 0 Å². The molecule has 0 radical (unpaired) electrons. The van der Waals surface area contributed by atoms with Crippen molar-refractivity contribution in [2.24, 2.45) is 0 Å². The van der Waals surface area contributed by atoms with E-state index in [0.29, 0.717) is 0 Å². The van der Waals surface area contributed by atoms with E-state index in [0.717, 1.165) is 13.8 Å². The van der Waals surface area contributed by atoms with Crippen LogP contribution < -0.4 is 10.6 Å². The molecule has 0 aromatic rings. The van der Waals surface area contributed by atoms with Crippen molar-refractivity contribution in [2.75, 3.05) is 33.0 Å². The van der Waals surface area contributed by atoms with Crippen LogP contribution in [-0.4, -0.2) is 297 Å². The number of hydrogen-bond acceptors (Lipinski definition) is 28. The molecule has 5 fully saturated rings. The molecule has 0 aromatic heterocycles. The lowest BCUT2D eigenvalue weighted by Gasteiger charge is -2.51. The SMILES string of the molecule is CC(=O)N[C@@H]1[C@@H](O)[C@H](O[C@@H]2O[C@H](CO)[C@H](O)[C@H](O[C@]3(C(=O)O)C[C@H](O)[C@@H](NC(C)=O)[C@H]([C@H](O)[C@H](O)CO)O3)[C@H]2O)[C@@H](CO[C@@H]2O[C@H](CO)[C@@H](O[C@@H]3O[C@H](CO)[C@H](O)[C@H](O)[C@H]3O)[C@H](O)[C@H]2O)O[C@H]1O. The van der Waals surface area contributed by atoms with Crippen LogP contribution in [0.4, 0.5) is 0 Å². The molecule has 0 aliphatic carbocycles. The summed E-state index contributed by atoms with van der Waals surface area (Å²) in [4.78, 5) is 37.0. The smallest absolute Gasteiger partial charge is 0.364 e. The maximum absolute atomic E-state index is 12.9. The van der Waals surface area contributed by atoms with E-state index in [1.165, 1.54) is 0 Å². The van der Waals surface area contributed by atoms with Crippen molar-refractivity contribution in [3.63, 3.8) is 0 Å². The largest absolute Gasteiger partial charge is 0.477 e. The summed E-state index contributed by atoms with van der Waals surface area (Å²) >= 11 is 0. The lowest BCUT2D eigenvalue weighted by Crippen LogP contribution is -2.71. The van der Waals surface area contributed by atoms with E-state index in [2.05, 4.69) is 10.6 Å². The highest BCUT2D eigenvalue weighted by Crippen LogP contribution is 2.39. The molecule has 5 aliphatic heterocycles. The second-order valence-electron chi connectivity index (χ2n) is 16.9. The van der Waals surface area contributed by atoms with Crippen LogP contribution in [0.15, 0.2) is 0 Å². The second kappa shape index (κ2) is 23.8. The van der Waals surface area contributed by atoms with E-state index in [1.54, 1.807) is 0 Å². The Kier molecular flexibility index (Phi) is 19.7. The number of amides is 2. The van der Waals surface area contributed by atoms with Crippen molar-refractivity contribution in [2.45, 2.75) is 179 Å². The van der Waals surface area contributed by atoms with Crippen LogP contribution in [0.2, 0.25) is 0 Å². The van der Waals surface area contributed by atoms with Crippen molar-refractivity contribution in [1.82, 2.24) is 10.6 Å². The van der Waals surface area contributed by atoms with E-state index in [1.807, 2.05) is 0 Å². The molecule has 394 valence electrons. The number of carboxylic acids is 1. The van der Waals surface area contributed by atoms with Gasteiger partial charge in [-0.3, -0.25) is 9.59 Å². The fourth-order valence-electron chi connectivity index (χ4n) is 8.44. The first-order valence-electron chi connectivity index (χ1n) is 21.2. The van der Waals surface area contributed by atoms with Gasteiger partial charge in [0.2, 0.25) is 11.8 Å². The van der Waals surface area contributed by atoms with Gasteiger partial charge in [0, 0.05) is 20.3 Å². The summed E-state index contributed by atoms with van der Waals surface area (Å²) in [5, 5.41) is 185. The molecular formula is C37H62N2O29. The fourth-order valence-corrected chi connectivity index (χ4v) is 8.44. The number of aliphatic hydroxyl groups is 16. The predicted octanol–water partition coefficient (Wildman–Crippen LogP) is -12.4. The van der Waals surface area contributed by atoms with Gasteiger partial charge in [-0.1, -0.05) is 0 Å². The highest BCUT2D eigenvalue weighted by Gasteiger charge is 2.60. The van der Waals surface area contributed by atoms with Gasteiger partial charge in [-0.25, -0.2) is 4.79 Å². The molecule has 0 saturated carbocycles. The molecule has 19 N–H and O–H groups in total. The standard InChI is InChI=1S/C37H62N2O29/c1-9(44)38-17-11(46)3-37(36(58)59,67-30(17)19(48)12(47)4-40)68-31-21(50)14(6-42)63-35(27(31)56)66-29-16(61-32(57)18(22(29)51)39-10(2)45)8-60-33-26(55)24(53)28(15(7-43)64-33)65-34-25(54)23(52)20(49)13(5-41)62-34/h11-35,40-43,46-57H,3-8H2,1-2H3,(H,38,44)(H,39,45)(H,58,59)/t11-,12+,13+,14+,15+,16+,17+,18+,19+,20-,21-,22+,23-,24+,25+,26+,27+,28+,29+,30+,31-,32+,33+,34-,35-,37-/m0/s1. The maximum Gasteiger partial charge on any atom is 0.364 e. The maximum atomic E-state index is 12.9. The van der Waals surface area contributed by atoms with Crippen LogP contribution in [0.5, 0.6) is 0 Å². The molecule has 0 unspecified atom stereocenters. The average Bonchev–Trinajstić information content (AvgIpc) is 3.29. The molecule has 0 spiro atoms. The zero-order valence-electron chi connectivity index (χ0n) is 36.2. The van der Waals surface area contributed by atoms with Crippen LogP contribution in [0, 0.1) is 0 Å². The molecule has 26 atom stereocenters. The van der Waals surface area contributed by atoms with Gasteiger partial charge in [0.25, 0.3) is 5.79 Å². The van der Waals surface area contributed by atoms with Gasteiger partial charge in [-0.2, -0.15) is 0 Å². The average molecular weight is 999 g/mol. The molecule has 31 nitrogen and oxygen atoms in total. The summed E-state index contributed by atoms with van der Waals surface area (Å²) in [6, 6.07) is -3.37. The molecule has 5 rings (SSSR count). The van der Waals surface area contributed by atoms with Crippen molar-refractivity contribution >= 4 is 17.8 Å². The first-order valence-corrected chi connectivity index (χ1v) is 21.2. The zero-order valence-corrected chi connectivity index (χ0v) is 36.2. The van der Waals surface area contributed by atoms with Crippen molar-refractivity contribution in [3.05, 3.63) is 0 Å². The Balaban J connectivity index is 1.38.